The highest BCUT2D eigenvalue weighted by Gasteiger charge is 2.34. The van der Waals surface area contributed by atoms with E-state index in [-0.39, 0.29) is 17.7 Å². The van der Waals surface area contributed by atoms with Gasteiger partial charge >= 0.3 is 0 Å². The van der Waals surface area contributed by atoms with Crippen molar-refractivity contribution in [2.24, 2.45) is 0 Å². The molecule has 2 aliphatic heterocycles. The first-order chi connectivity index (χ1) is 14.1. The molecule has 0 saturated carbocycles. The van der Waals surface area contributed by atoms with Crippen LogP contribution in [0, 0.1) is 0 Å². The van der Waals surface area contributed by atoms with Gasteiger partial charge in [0.2, 0.25) is 5.91 Å². The molecule has 4 rings (SSSR count). The molecule has 2 aromatic carbocycles. The third-order valence-corrected chi connectivity index (χ3v) is 5.60. The predicted octanol–water partition coefficient (Wildman–Crippen LogP) is 2.82. The predicted molar refractivity (Wildman–Crippen MR) is 110 cm³/mol. The Morgan fingerprint density at radius 3 is 2.38 bits per heavy atom. The number of rotatable bonds is 7. The molecule has 0 aliphatic carbocycles. The van der Waals surface area contributed by atoms with Crippen LogP contribution < -0.4 is 14.8 Å². The molecule has 0 fully saturated rings. The van der Waals surface area contributed by atoms with Crippen LogP contribution in [0.15, 0.2) is 42.5 Å². The van der Waals surface area contributed by atoms with Gasteiger partial charge in [-0.15, -0.1) is 0 Å². The molecule has 0 spiro atoms. The highest BCUT2D eigenvalue weighted by molar-refractivity contribution is 7.99. The van der Waals surface area contributed by atoms with Crippen LogP contribution in [0.1, 0.15) is 27.1 Å². The van der Waals surface area contributed by atoms with Gasteiger partial charge in [0.25, 0.3) is 11.8 Å². The van der Waals surface area contributed by atoms with Crippen LogP contribution >= 0.6 is 11.8 Å². The van der Waals surface area contributed by atoms with Gasteiger partial charge in [0.05, 0.1) is 11.1 Å². The quantitative estimate of drug-likeness (QED) is 0.556. The summed E-state index contributed by atoms with van der Waals surface area (Å²) >= 11 is 1.53. The second-order valence-corrected chi connectivity index (χ2v) is 7.80. The Labute approximate surface area is 172 Å². The molecule has 8 heteroatoms. The van der Waals surface area contributed by atoms with Gasteiger partial charge < -0.3 is 14.8 Å². The lowest BCUT2D eigenvalue weighted by molar-refractivity contribution is -0.115. The smallest absolute Gasteiger partial charge is 0.261 e. The van der Waals surface area contributed by atoms with Crippen LogP contribution in [0.5, 0.6) is 11.5 Å². The molecule has 3 amide bonds. The third-order valence-electron chi connectivity index (χ3n) is 4.64. The summed E-state index contributed by atoms with van der Waals surface area (Å²) in [7, 11) is 0. The zero-order chi connectivity index (χ0) is 20.2. The molecule has 0 saturated heterocycles. The standard InChI is InChI=1S/C21H20N2O5S/c24-19(22-14-5-6-17-18(13-14)28-10-9-27-17)7-11-29-12-8-23-20(25)15-3-1-2-4-16(15)21(23)26/h1-6,13H,7-12H2,(H,22,24). The minimum atomic E-state index is -0.248. The normalized spacial score (nSPS) is 14.7. The molecular formula is C21H20N2O5S. The van der Waals surface area contributed by atoms with Gasteiger partial charge in [0, 0.05) is 36.2 Å². The molecule has 7 nitrogen and oxygen atoms in total. The van der Waals surface area contributed by atoms with Crippen LogP contribution in [0.4, 0.5) is 5.69 Å². The van der Waals surface area contributed by atoms with Crippen molar-refractivity contribution in [3.8, 4) is 11.5 Å². The Kier molecular flexibility index (Phi) is 5.71. The average Bonchev–Trinajstić information content (AvgIpc) is 2.98. The molecular weight excluding hydrogens is 392 g/mol. The van der Waals surface area contributed by atoms with E-state index < -0.39 is 0 Å². The lowest BCUT2D eigenvalue weighted by Crippen LogP contribution is -2.31. The van der Waals surface area contributed by atoms with Gasteiger partial charge in [0.15, 0.2) is 11.5 Å². The summed E-state index contributed by atoms with van der Waals surface area (Å²) in [5, 5.41) is 2.84. The molecule has 1 N–H and O–H groups in total. The summed E-state index contributed by atoms with van der Waals surface area (Å²) in [4.78, 5) is 38.0. The van der Waals surface area contributed by atoms with Gasteiger partial charge in [0.1, 0.15) is 13.2 Å². The van der Waals surface area contributed by atoms with Crippen LogP contribution in [-0.2, 0) is 4.79 Å². The van der Waals surface area contributed by atoms with E-state index in [2.05, 4.69) is 5.32 Å². The Morgan fingerprint density at radius 2 is 1.66 bits per heavy atom. The fourth-order valence-electron chi connectivity index (χ4n) is 3.21. The van der Waals surface area contributed by atoms with E-state index in [0.29, 0.717) is 66.0 Å². The number of nitrogens with one attached hydrogen (secondary N) is 1. The van der Waals surface area contributed by atoms with Crippen molar-refractivity contribution in [2.45, 2.75) is 6.42 Å². The fourth-order valence-corrected chi connectivity index (χ4v) is 4.06. The number of fused-ring (bicyclic) bond motifs is 2. The summed E-state index contributed by atoms with van der Waals surface area (Å²) in [6, 6.07) is 12.2. The molecule has 0 bridgehead atoms. The van der Waals surface area contributed by atoms with Gasteiger partial charge in [-0.05, 0) is 24.3 Å². The van der Waals surface area contributed by atoms with Crippen molar-refractivity contribution in [2.75, 3.05) is 36.6 Å². The number of hydrogen-bond acceptors (Lipinski definition) is 6. The third kappa shape index (κ3) is 4.22. The van der Waals surface area contributed by atoms with Crippen molar-refractivity contribution >= 4 is 35.2 Å². The minimum absolute atomic E-state index is 0.102. The Morgan fingerprint density at radius 1 is 0.966 bits per heavy atom. The van der Waals surface area contributed by atoms with Crippen LogP contribution in [0.2, 0.25) is 0 Å². The molecule has 2 heterocycles. The summed E-state index contributed by atoms with van der Waals surface area (Å²) < 4.78 is 11.0. The van der Waals surface area contributed by atoms with Crippen LogP contribution in [-0.4, -0.2) is 53.9 Å². The number of imide groups is 1. The molecule has 0 aromatic heterocycles. The first-order valence-electron chi connectivity index (χ1n) is 9.36. The van der Waals surface area contributed by atoms with Gasteiger partial charge in [-0.1, -0.05) is 12.1 Å². The lowest BCUT2D eigenvalue weighted by Gasteiger charge is -2.19. The van der Waals surface area contributed by atoms with Gasteiger partial charge in [-0.25, -0.2) is 0 Å². The number of carbonyl (C=O) groups excluding carboxylic acids is 3. The highest BCUT2D eigenvalue weighted by Crippen LogP contribution is 2.32. The number of ether oxygens (including phenoxy) is 2. The molecule has 2 aromatic rings. The van der Waals surface area contributed by atoms with Crippen molar-refractivity contribution in [3.63, 3.8) is 0 Å². The van der Waals surface area contributed by atoms with E-state index in [1.54, 1.807) is 42.5 Å². The number of benzene rings is 2. The zero-order valence-corrected chi connectivity index (χ0v) is 16.5. The number of nitrogens with zero attached hydrogens (tertiary/aromatic N) is 1. The Bertz CT molecular complexity index is 927. The molecule has 0 radical (unpaired) electrons. The maximum absolute atomic E-state index is 12.3. The number of hydrogen-bond donors (Lipinski definition) is 1. The molecule has 2 aliphatic rings. The van der Waals surface area contributed by atoms with Crippen molar-refractivity contribution in [1.82, 2.24) is 4.90 Å². The van der Waals surface area contributed by atoms with E-state index in [4.69, 9.17) is 9.47 Å². The monoisotopic (exact) mass is 412 g/mol. The van der Waals surface area contributed by atoms with E-state index in [1.807, 2.05) is 0 Å². The number of thioether (sulfide) groups is 1. The van der Waals surface area contributed by atoms with E-state index in [9.17, 15) is 14.4 Å². The maximum atomic E-state index is 12.3. The fraction of sp³-hybridized carbons (Fsp3) is 0.286. The first kappa shape index (κ1) is 19.3. The summed E-state index contributed by atoms with van der Waals surface area (Å²) in [6.07, 6.45) is 0.335. The first-order valence-corrected chi connectivity index (χ1v) is 10.5. The molecule has 29 heavy (non-hydrogen) atoms. The van der Waals surface area contributed by atoms with Crippen molar-refractivity contribution < 1.29 is 23.9 Å². The van der Waals surface area contributed by atoms with E-state index in [1.165, 1.54) is 16.7 Å². The summed E-state index contributed by atoms with van der Waals surface area (Å²) in [5.74, 6) is 1.89. The molecule has 0 atom stereocenters. The van der Waals surface area contributed by atoms with Crippen molar-refractivity contribution in [3.05, 3.63) is 53.6 Å². The minimum Gasteiger partial charge on any atom is -0.486 e. The van der Waals surface area contributed by atoms with Crippen molar-refractivity contribution in [1.29, 1.82) is 0 Å². The SMILES string of the molecule is O=C(CCSCCN1C(=O)c2ccccc2C1=O)Nc1ccc2c(c1)OCCO2. The Hall–Kier alpha value is -3.00. The summed E-state index contributed by atoms with van der Waals surface area (Å²) in [6.45, 7) is 1.35. The maximum Gasteiger partial charge on any atom is 0.261 e. The second kappa shape index (κ2) is 8.57. The number of amides is 3. The number of anilines is 1. The molecule has 0 unspecified atom stereocenters. The van der Waals surface area contributed by atoms with E-state index >= 15 is 0 Å². The molecule has 150 valence electrons. The summed E-state index contributed by atoms with van der Waals surface area (Å²) in [5.41, 5.74) is 1.58. The van der Waals surface area contributed by atoms with Gasteiger partial charge in [-0.2, -0.15) is 11.8 Å². The van der Waals surface area contributed by atoms with Crippen LogP contribution in [0.25, 0.3) is 0 Å². The number of carbonyl (C=O) groups is 3. The van der Waals surface area contributed by atoms with Crippen LogP contribution in [0.3, 0.4) is 0 Å². The largest absolute Gasteiger partial charge is 0.486 e. The van der Waals surface area contributed by atoms with E-state index in [0.717, 1.165) is 0 Å². The van der Waals surface area contributed by atoms with Gasteiger partial charge in [-0.3, -0.25) is 19.3 Å². The lowest BCUT2D eigenvalue weighted by atomic mass is 10.1. The topological polar surface area (TPSA) is 84.9 Å². The highest BCUT2D eigenvalue weighted by atomic mass is 32.2. The Balaban J connectivity index is 1.19. The second-order valence-electron chi connectivity index (χ2n) is 6.58. The zero-order valence-electron chi connectivity index (χ0n) is 15.7. The average molecular weight is 412 g/mol.